The molecule has 0 aliphatic carbocycles. The van der Waals surface area contributed by atoms with Crippen molar-refractivity contribution in [2.24, 2.45) is 0 Å². The van der Waals surface area contributed by atoms with Crippen LogP contribution in [0.4, 0.5) is 14.5 Å². The van der Waals surface area contributed by atoms with Crippen LogP contribution >= 0.6 is 11.6 Å². The molecule has 0 aliphatic heterocycles. The molecule has 1 aromatic rings. The van der Waals surface area contributed by atoms with Gasteiger partial charge in [-0.15, -0.1) is 0 Å². The number of nitrogens with zero attached hydrogens (tertiary/aromatic N) is 1. The van der Waals surface area contributed by atoms with Crippen LogP contribution in [0.1, 0.15) is 17.7 Å². The minimum Gasteiger partial charge on any atom is -0.396 e. The Hall–Kier alpha value is -0.940. The first-order chi connectivity index (χ1) is 6.07. The van der Waals surface area contributed by atoms with Crippen LogP contribution in [-0.4, -0.2) is 10.1 Å². The number of alkyl halides is 2. The van der Waals surface area contributed by atoms with Gasteiger partial charge in [0.2, 0.25) is 0 Å². The largest absolute Gasteiger partial charge is 0.396 e. The molecule has 72 valence electrons. The Bertz CT molecular complexity index is 320. The minimum absolute atomic E-state index is 0.0622. The van der Waals surface area contributed by atoms with Gasteiger partial charge < -0.3 is 10.8 Å². The topological polar surface area (TPSA) is 59.1 Å². The molecule has 6 heteroatoms. The van der Waals surface area contributed by atoms with E-state index in [1.807, 2.05) is 0 Å². The fraction of sp³-hybridized carbons (Fsp3) is 0.286. The third-order valence-corrected chi connectivity index (χ3v) is 1.98. The first-order valence-corrected chi connectivity index (χ1v) is 3.77. The van der Waals surface area contributed by atoms with Crippen LogP contribution in [0.25, 0.3) is 0 Å². The summed E-state index contributed by atoms with van der Waals surface area (Å²) >= 11 is 5.58. The molecule has 0 atom stereocenters. The summed E-state index contributed by atoms with van der Waals surface area (Å²) in [5.41, 5.74) is 4.69. The van der Waals surface area contributed by atoms with E-state index >= 15 is 0 Å². The van der Waals surface area contributed by atoms with E-state index in [4.69, 9.17) is 22.4 Å². The Morgan fingerprint density at radius 2 is 2.23 bits per heavy atom. The van der Waals surface area contributed by atoms with E-state index < -0.39 is 12.1 Å². The predicted molar refractivity (Wildman–Crippen MR) is 44.5 cm³/mol. The van der Waals surface area contributed by atoms with Crippen LogP contribution in [0.15, 0.2) is 6.20 Å². The van der Waals surface area contributed by atoms with Crippen LogP contribution in [-0.2, 0) is 6.61 Å². The first kappa shape index (κ1) is 10.1. The number of aromatic nitrogens is 1. The summed E-state index contributed by atoms with van der Waals surface area (Å²) < 4.78 is 24.4. The molecule has 13 heavy (non-hydrogen) atoms. The van der Waals surface area contributed by atoms with Crippen molar-refractivity contribution in [3.05, 3.63) is 22.5 Å². The molecule has 0 saturated heterocycles. The molecule has 3 nitrogen and oxygen atoms in total. The fourth-order valence-electron chi connectivity index (χ4n) is 0.843. The van der Waals surface area contributed by atoms with Crippen molar-refractivity contribution >= 4 is 17.3 Å². The molecule has 3 N–H and O–H groups in total. The lowest BCUT2D eigenvalue weighted by atomic mass is 10.2. The van der Waals surface area contributed by atoms with Crippen molar-refractivity contribution < 1.29 is 13.9 Å². The standard InChI is InChI=1S/C7H7ClF2N2O/c8-4-3(2-13)1-12-6(5(4)11)7(9)10/h1,7,13H,2,11H2. The number of anilines is 1. The van der Waals surface area contributed by atoms with Gasteiger partial charge in [-0.1, -0.05) is 11.6 Å². The average Bonchev–Trinajstić information content (AvgIpc) is 2.09. The molecule has 0 unspecified atom stereocenters. The van der Waals surface area contributed by atoms with Gasteiger partial charge in [0.15, 0.2) is 0 Å². The van der Waals surface area contributed by atoms with Crippen molar-refractivity contribution in [3.8, 4) is 0 Å². The quantitative estimate of drug-likeness (QED) is 0.779. The van der Waals surface area contributed by atoms with Crippen LogP contribution in [0.5, 0.6) is 0 Å². The number of rotatable bonds is 2. The van der Waals surface area contributed by atoms with Gasteiger partial charge in [-0.25, -0.2) is 8.78 Å². The molecule has 1 rings (SSSR count). The molecule has 0 amide bonds. The number of halogens is 3. The van der Waals surface area contributed by atoms with E-state index in [1.165, 1.54) is 0 Å². The number of aliphatic hydroxyl groups excluding tert-OH is 1. The average molecular weight is 209 g/mol. The molecule has 1 aromatic heterocycles. The van der Waals surface area contributed by atoms with Gasteiger partial charge in [0.25, 0.3) is 6.43 Å². The molecule has 0 bridgehead atoms. The van der Waals surface area contributed by atoms with Crippen LogP contribution < -0.4 is 5.73 Å². The summed E-state index contributed by atoms with van der Waals surface area (Å²) in [4.78, 5) is 3.39. The Balaban J connectivity index is 3.23. The maximum Gasteiger partial charge on any atom is 0.282 e. The van der Waals surface area contributed by atoms with E-state index in [1.54, 1.807) is 0 Å². The predicted octanol–water partition coefficient (Wildman–Crippen LogP) is 1.75. The first-order valence-electron chi connectivity index (χ1n) is 3.39. The highest BCUT2D eigenvalue weighted by molar-refractivity contribution is 6.33. The monoisotopic (exact) mass is 208 g/mol. The Morgan fingerprint density at radius 1 is 1.62 bits per heavy atom. The molecule has 0 aliphatic rings. The van der Waals surface area contributed by atoms with Gasteiger partial charge in [0, 0.05) is 11.8 Å². The summed E-state index contributed by atoms with van der Waals surface area (Å²) in [6, 6.07) is 0. The molecular weight excluding hydrogens is 202 g/mol. The number of aliphatic hydroxyl groups is 1. The number of hydrogen-bond donors (Lipinski definition) is 2. The second kappa shape index (κ2) is 3.85. The second-order valence-corrected chi connectivity index (χ2v) is 2.73. The van der Waals surface area contributed by atoms with Gasteiger partial charge in [-0.2, -0.15) is 0 Å². The van der Waals surface area contributed by atoms with Gasteiger partial charge in [-0.05, 0) is 0 Å². The highest BCUT2D eigenvalue weighted by Gasteiger charge is 2.17. The van der Waals surface area contributed by atoms with Gasteiger partial charge in [0.1, 0.15) is 5.69 Å². The number of pyridine rings is 1. The molecule has 1 heterocycles. The summed E-state index contributed by atoms with van der Waals surface area (Å²) in [5, 5.41) is 8.64. The highest BCUT2D eigenvalue weighted by atomic mass is 35.5. The molecule has 0 spiro atoms. The zero-order valence-electron chi connectivity index (χ0n) is 6.47. The van der Waals surface area contributed by atoms with Crippen LogP contribution in [0, 0.1) is 0 Å². The number of hydrogen-bond acceptors (Lipinski definition) is 3. The van der Waals surface area contributed by atoms with Crippen LogP contribution in [0.3, 0.4) is 0 Å². The van der Waals surface area contributed by atoms with E-state index in [0.29, 0.717) is 0 Å². The maximum absolute atomic E-state index is 12.2. The minimum atomic E-state index is -2.76. The summed E-state index contributed by atoms with van der Waals surface area (Å²) in [7, 11) is 0. The molecule has 0 fully saturated rings. The van der Waals surface area contributed by atoms with E-state index in [0.717, 1.165) is 6.20 Å². The molecule has 0 radical (unpaired) electrons. The smallest absolute Gasteiger partial charge is 0.282 e. The third-order valence-electron chi connectivity index (χ3n) is 1.53. The normalized spacial score (nSPS) is 10.8. The summed E-state index contributed by atoms with van der Waals surface area (Å²) in [6.45, 7) is -0.375. The third kappa shape index (κ3) is 1.87. The fourth-order valence-corrected chi connectivity index (χ4v) is 1.05. The Kier molecular flexibility index (Phi) is 3.00. The lowest BCUT2D eigenvalue weighted by Crippen LogP contribution is -2.02. The van der Waals surface area contributed by atoms with Crippen molar-refractivity contribution in [1.29, 1.82) is 0 Å². The van der Waals surface area contributed by atoms with Crippen molar-refractivity contribution in [2.45, 2.75) is 13.0 Å². The Labute approximate surface area is 78.1 Å². The summed E-state index contributed by atoms with van der Waals surface area (Å²) in [6.07, 6.45) is -1.68. The highest BCUT2D eigenvalue weighted by Crippen LogP contribution is 2.30. The van der Waals surface area contributed by atoms with E-state index in [9.17, 15) is 8.78 Å². The van der Waals surface area contributed by atoms with E-state index in [-0.39, 0.29) is 22.9 Å². The molecule has 0 saturated carbocycles. The molecule has 0 aromatic carbocycles. The van der Waals surface area contributed by atoms with Gasteiger partial charge in [-0.3, -0.25) is 4.98 Å². The zero-order chi connectivity index (χ0) is 10.0. The van der Waals surface area contributed by atoms with Gasteiger partial charge in [0.05, 0.1) is 17.3 Å². The Morgan fingerprint density at radius 3 is 2.69 bits per heavy atom. The van der Waals surface area contributed by atoms with Crippen molar-refractivity contribution in [3.63, 3.8) is 0 Å². The number of nitrogens with two attached hydrogens (primary N) is 1. The second-order valence-electron chi connectivity index (χ2n) is 2.36. The SMILES string of the molecule is Nc1c(C(F)F)ncc(CO)c1Cl. The van der Waals surface area contributed by atoms with Crippen LogP contribution in [0.2, 0.25) is 5.02 Å². The lowest BCUT2D eigenvalue weighted by Gasteiger charge is -2.07. The maximum atomic E-state index is 12.2. The van der Waals surface area contributed by atoms with Gasteiger partial charge >= 0.3 is 0 Å². The molecular formula is C7H7ClF2N2O. The lowest BCUT2D eigenvalue weighted by molar-refractivity contribution is 0.147. The zero-order valence-corrected chi connectivity index (χ0v) is 7.22. The van der Waals surface area contributed by atoms with Crippen molar-refractivity contribution in [2.75, 3.05) is 5.73 Å². The summed E-state index contributed by atoms with van der Waals surface area (Å²) in [5.74, 6) is 0. The van der Waals surface area contributed by atoms with E-state index in [2.05, 4.69) is 4.98 Å². The van der Waals surface area contributed by atoms with Crippen molar-refractivity contribution in [1.82, 2.24) is 4.98 Å². The number of nitrogen functional groups attached to an aromatic ring is 1.